The molecule has 9 heteroatoms. The molecule has 0 atom stereocenters. The molecule has 0 unspecified atom stereocenters. The predicted octanol–water partition coefficient (Wildman–Crippen LogP) is 5.02. The predicted molar refractivity (Wildman–Crippen MR) is 147 cm³/mol. The van der Waals surface area contributed by atoms with Crippen LogP contribution < -0.4 is 14.8 Å². The van der Waals surface area contributed by atoms with Gasteiger partial charge in [0.15, 0.2) is 0 Å². The van der Waals surface area contributed by atoms with E-state index in [4.69, 9.17) is 21.1 Å². The van der Waals surface area contributed by atoms with Crippen molar-refractivity contribution in [2.75, 3.05) is 51.7 Å². The van der Waals surface area contributed by atoms with E-state index in [0.717, 1.165) is 67.2 Å². The molecule has 0 saturated carbocycles. The monoisotopic (exact) mass is 518 g/mol. The highest BCUT2D eigenvalue weighted by Crippen LogP contribution is 2.30. The zero-order chi connectivity index (χ0) is 25.5. The minimum absolute atomic E-state index is 0.349. The second-order valence-corrected chi connectivity index (χ2v) is 9.52. The third-order valence-corrected chi connectivity index (χ3v) is 6.64. The van der Waals surface area contributed by atoms with Crippen LogP contribution in [-0.2, 0) is 6.61 Å². The Morgan fingerprint density at radius 2 is 1.84 bits per heavy atom. The Bertz CT molecular complexity index is 1310. The smallest absolute Gasteiger partial charge is 0.227 e. The number of ether oxygens (including phenoxy) is 2. The summed E-state index contributed by atoms with van der Waals surface area (Å²) in [4.78, 5) is 18.3. The molecule has 1 saturated heterocycles. The number of pyridine rings is 1. The Morgan fingerprint density at radius 3 is 2.65 bits per heavy atom. The second-order valence-electron chi connectivity index (χ2n) is 9.11. The topological polar surface area (TPSA) is 75.6 Å². The molecule has 1 aliphatic heterocycles. The van der Waals surface area contributed by atoms with Gasteiger partial charge in [0.1, 0.15) is 18.1 Å². The molecule has 0 spiro atoms. The number of aromatic nitrogens is 3. The van der Waals surface area contributed by atoms with E-state index in [1.165, 1.54) is 0 Å². The van der Waals surface area contributed by atoms with Crippen LogP contribution in [0.1, 0.15) is 12.1 Å². The molecule has 37 heavy (non-hydrogen) atoms. The number of anilines is 2. The van der Waals surface area contributed by atoms with Crippen LogP contribution in [0.4, 0.5) is 11.6 Å². The van der Waals surface area contributed by atoms with Gasteiger partial charge in [-0.25, -0.2) is 9.97 Å². The summed E-state index contributed by atoms with van der Waals surface area (Å²) < 4.78 is 11.9. The summed E-state index contributed by atoms with van der Waals surface area (Å²) in [7, 11) is 2.18. The highest BCUT2D eigenvalue weighted by Gasteiger charge is 2.13. The molecule has 0 amide bonds. The van der Waals surface area contributed by atoms with Crippen LogP contribution >= 0.6 is 11.6 Å². The molecule has 0 radical (unpaired) electrons. The lowest BCUT2D eigenvalue weighted by atomic mass is 10.2. The lowest BCUT2D eigenvalue weighted by Gasteiger charge is -2.32. The number of nitrogens with zero attached hydrogens (tertiary/aromatic N) is 5. The van der Waals surface area contributed by atoms with E-state index in [1.54, 1.807) is 18.5 Å². The number of hydrogen-bond acceptors (Lipinski definition) is 8. The number of fused-ring (bicyclic) bond motifs is 1. The first-order valence-electron chi connectivity index (χ1n) is 12.5. The van der Waals surface area contributed by atoms with Crippen LogP contribution in [0.2, 0.25) is 5.02 Å². The minimum atomic E-state index is 0.349. The average Bonchev–Trinajstić information content (AvgIpc) is 2.92. The number of halogens is 1. The van der Waals surface area contributed by atoms with Gasteiger partial charge in [0.25, 0.3) is 0 Å². The Morgan fingerprint density at radius 1 is 0.946 bits per heavy atom. The maximum absolute atomic E-state index is 6.45. The number of nitrogens with one attached hydrogen (secondary N) is 1. The summed E-state index contributed by atoms with van der Waals surface area (Å²) in [5.41, 5.74) is 2.42. The third-order valence-electron chi connectivity index (χ3n) is 6.35. The van der Waals surface area contributed by atoms with Crippen molar-refractivity contribution in [1.82, 2.24) is 24.8 Å². The maximum atomic E-state index is 6.45. The largest absolute Gasteiger partial charge is 0.493 e. The maximum Gasteiger partial charge on any atom is 0.227 e. The quantitative estimate of drug-likeness (QED) is 0.293. The summed E-state index contributed by atoms with van der Waals surface area (Å²) in [6.07, 6.45) is 4.52. The summed E-state index contributed by atoms with van der Waals surface area (Å²) in [6, 6.07) is 17.1. The van der Waals surface area contributed by atoms with Crippen molar-refractivity contribution in [2.45, 2.75) is 13.0 Å². The number of benzene rings is 2. The molecular formula is C28H31ClN6O2. The van der Waals surface area contributed by atoms with E-state index in [0.29, 0.717) is 29.9 Å². The first-order valence-corrected chi connectivity index (χ1v) is 12.9. The normalized spacial score (nSPS) is 14.5. The van der Waals surface area contributed by atoms with Crippen molar-refractivity contribution in [3.05, 3.63) is 77.7 Å². The number of piperazine rings is 1. The van der Waals surface area contributed by atoms with E-state index < -0.39 is 0 Å². The van der Waals surface area contributed by atoms with Gasteiger partial charge < -0.3 is 24.6 Å². The first kappa shape index (κ1) is 25.2. The fourth-order valence-electron chi connectivity index (χ4n) is 4.22. The molecule has 3 heterocycles. The number of rotatable bonds is 10. The van der Waals surface area contributed by atoms with Crippen LogP contribution in [0, 0.1) is 0 Å². The lowest BCUT2D eigenvalue weighted by molar-refractivity contribution is 0.145. The van der Waals surface area contributed by atoms with Crippen molar-refractivity contribution >= 4 is 34.1 Å². The van der Waals surface area contributed by atoms with Crippen LogP contribution in [0.25, 0.3) is 10.9 Å². The molecule has 5 rings (SSSR count). The van der Waals surface area contributed by atoms with Gasteiger partial charge in [-0.05, 0) is 55.9 Å². The van der Waals surface area contributed by atoms with Crippen LogP contribution in [-0.4, -0.2) is 71.1 Å². The second kappa shape index (κ2) is 12.2. The van der Waals surface area contributed by atoms with Crippen LogP contribution in [0.15, 0.2) is 67.0 Å². The van der Waals surface area contributed by atoms with Gasteiger partial charge in [-0.2, -0.15) is 0 Å². The Hall–Kier alpha value is -3.46. The molecule has 4 aromatic rings. The molecule has 192 valence electrons. The van der Waals surface area contributed by atoms with Gasteiger partial charge in [-0.3, -0.25) is 4.98 Å². The molecular weight excluding hydrogens is 488 g/mol. The lowest BCUT2D eigenvalue weighted by Crippen LogP contribution is -2.44. The van der Waals surface area contributed by atoms with Gasteiger partial charge >= 0.3 is 0 Å². The summed E-state index contributed by atoms with van der Waals surface area (Å²) in [5.74, 6) is 1.88. The molecule has 1 aliphatic rings. The molecule has 8 nitrogen and oxygen atoms in total. The highest BCUT2D eigenvalue weighted by atomic mass is 35.5. The molecule has 1 N–H and O–H groups in total. The van der Waals surface area contributed by atoms with E-state index in [-0.39, 0.29) is 0 Å². The van der Waals surface area contributed by atoms with E-state index in [1.807, 2.05) is 48.5 Å². The van der Waals surface area contributed by atoms with Crippen LogP contribution in [0.5, 0.6) is 11.5 Å². The fraction of sp³-hybridized carbons (Fsp3) is 0.321. The minimum Gasteiger partial charge on any atom is -0.493 e. The molecule has 1 fully saturated rings. The third kappa shape index (κ3) is 6.85. The van der Waals surface area contributed by atoms with Crippen molar-refractivity contribution < 1.29 is 9.47 Å². The fourth-order valence-corrected chi connectivity index (χ4v) is 4.45. The average molecular weight is 519 g/mol. The molecule has 0 bridgehead atoms. The van der Waals surface area contributed by atoms with Gasteiger partial charge in [0.2, 0.25) is 5.95 Å². The number of likely N-dealkylation sites (N-methyl/N-ethyl adjacent to an activating group) is 1. The SMILES string of the molecule is CN1CCN(CCCOc2cccc3nc(Nc4ccc(OCc5ccccn5)c(Cl)c4)ncc23)CC1. The van der Waals surface area contributed by atoms with E-state index in [2.05, 4.69) is 37.1 Å². The van der Waals surface area contributed by atoms with Gasteiger partial charge in [0, 0.05) is 50.8 Å². The van der Waals surface area contributed by atoms with E-state index >= 15 is 0 Å². The van der Waals surface area contributed by atoms with Crippen molar-refractivity contribution in [3.8, 4) is 11.5 Å². The molecule has 2 aromatic carbocycles. The van der Waals surface area contributed by atoms with Crippen molar-refractivity contribution in [3.63, 3.8) is 0 Å². The summed E-state index contributed by atoms with van der Waals surface area (Å²) >= 11 is 6.45. The Balaban J connectivity index is 1.17. The van der Waals surface area contributed by atoms with Crippen molar-refractivity contribution in [2.24, 2.45) is 0 Å². The van der Waals surface area contributed by atoms with Crippen LogP contribution in [0.3, 0.4) is 0 Å². The Labute approximate surface area is 222 Å². The standard InChI is InChI=1S/C28H31ClN6O2/c1-34-13-15-35(16-14-34)12-5-17-36-26-8-4-7-25-23(26)19-31-28(33-25)32-21-9-10-27(24(29)18-21)37-20-22-6-2-3-11-30-22/h2-4,6-11,18-19H,5,12-17,20H2,1H3,(H,31,32,33). The van der Waals surface area contributed by atoms with Gasteiger partial charge in [-0.1, -0.05) is 23.7 Å². The first-order chi connectivity index (χ1) is 18.1. The summed E-state index contributed by atoms with van der Waals surface area (Å²) in [5, 5.41) is 4.61. The Kier molecular flexibility index (Phi) is 8.30. The number of hydrogen-bond donors (Lipinski definition) is 1. The van der Waals surface area contributed by atoms with Gasteiger partial charge in [-0.15, -0.1) is 0 Å². The summed E-state index contributed by atoms with van der Waals surface area (Å²) in [6.45, 7) is 6.59. The molecule has 2 aromatic heterocycles. The highest BCUT2D eigenvalue weighted by molar-refractivity contribution is 6.32. The van der Waals surface area contributed by atoms with E-state index in [9.17, 15) is 0 Å². The zero-order valence-corrected chi connectivity index (χ0v) is 21.7. The van der Waals surface area contributed by atoms with Gasteiger partial charge in [0.05, 0.1) is 28.2 Å². The van der Waals surface area contributed by atoms with Crippen molar-refractivity contribution in [1.29, 1.82) is 0 Å². The zero-order valence-electron chi connectivity index (χ0n) is 20.9. The molecule has 0 aliphatic carbocycles.